The van der Waals surface area contributed by atoms with E-state index in [1.807, 2.05) is 0 Å². The van der Waals surface area contributed by atoms with E-state index in [4.69, 9.17) is 4.74 Å². The molecule has 0 bridgehead atoms. The Bertz CT molecular complexity index is 486. The van der Waals surface area contributed by atoms with Crippen LogP contribution in [0.5, 0.6) is 5.75 Å². The molecule has 0 aliphatic heterocycles. The summed E-state index contributed by atoms with van der Waals surface area (Å²) >= 11 is 4.10. The Labute approximate surface area is 122 Å². The average Bonchev–Trinajstić information content (AvgIpc) is 3.15. The normalized spacial score (nSPS) is 17.7. The zero-order valence-electron chi connectivity index (χ0n) is 10.7. The fourth-order valence-corrected chi connectivity index (χ4v) is 2.18. The Balaban J connectivity index is 2.27. The largest absolute Gasteiger partial charge is 0.493 e. The highest BCUT2D eigenvalue weighted by Crippen LogP contribution is 2.47. The van der Waals surface area contributed by atoms with Gasteiger partial charge in [0.15, 0.2) is 0 Å². The number of hydrogen-bond acceptors (Lipinski definition) is 2. The van der Waals surface area contributed by atoms with Gasteiger partial charge < -0.3 is 4.74 Å². The summed E-state index contributed by atoms with van der Waals surface area (Å²) in [6, 6.07) is 1.26. The second-order valence-corrected chi connectivity index (χ2v) is 5.50. The van der Waals surface area contributed by atoms with Gasteiger partial charge in [0.1, 0.15) is 5.75 Å². The molecular weight excluding hydrogens is 318 g/mol. The molecule has 0 heterocycles. The van der Waals surface area contributed by atoms with Crippen LogP contribution < -0.4 is 4.74 Å². The molecule has 1 nitrogen and oxygen atoms in total. The van der Waals surface area contributed by atoms with Gasteiger partial charge in [-0.15, -0.1) is 0 Å². The van der Waals surface area contributed by atoms with Gasteiger partial charge in [0.25, 0.3) is 0 Å². The Morgan fingerprint density at radius 1 is 0.952 bits per heavy atom. The second-order valence-electron chi connectivity index (χ2n) is 5.19. The van der Waals surface area contributed by atoms with E-state index in [0.29, 0.717) is 17.9 Å². The third kappa shape index (κ3) is 3.99. The molecule has 0 unspecified atom stereocenters. The van der Waals surface area contributed by atoms with Gasteiger partial charge in [-0.3, -0.25) is 0 Å². The summed E-state index contributed by atoms with van der Waals surface area (Å²) < 4.78 is 81.1. The SMILES string of the molecule is FC(F)(F)c1cc(OCC2(CS)CC2)cc(C(F)(F)F)c1. The summed E-state index contributed by atoms with van der Waals surface area (Å²) in [5.41, 5.74) is -2.97. The topological polar surface area (TPSA) is 9.23 Å². The number of ether oxygens (including phenoxy) is 1. The molecule has 0 amide bonds. The molecule has 2 rings (SSSR count). The maximum absolute atomic E-state index is 12.7. The van der Waals surface area contributed by atoms with Crippen molar-refractivity contribution in [1.29, 1.82) is 0 Å². The van der Waals surface area contributed by atoms with Crippen molar-refractivity contribution in [3.8, 4) is 5.75 Å². The molecule has 1 fully saturated rings. The fraction of sp³-hybridized carbons (Fsp3) is 0.538. The first-order chi connectivity index (χ1) is 9.56. The highest BCUT2D eigenvalue weighted by atomic mass is 32.1. The number of benzene rings is 1. The minimum Gasteiger partial charge on any atom is -0.493 e. The molecule has 0 radical (unpaired) electrons. The molecule has 118 valence electrons. The molecule has 1 saturated carbocycles. The van der Waals surface area contributed by atoms with E-state index >= 15 is 0 Å². The molecule has 21 heavy (non-hydrogen) atoms. The van der Waals surface area contributed by atoms with Crippen molar-refractivity contribution in [2.45, 2.75) is 25.2 Å². The number of halogens is 6. The summed E-state index contributed by atoms with van der Waals surface area (Å²) in [6.07, 6.45) is -8.11. The third-order valence-corrected chi connectivity index (χ3v) is 4.07. The van der Waals surface area contributed by atoms with Gasteiger partial charge in [-0.05, 0) is 36.8 Å². The molecule has 0 spiro atoms. The van der Waals surface area contributed by atoms with E-state index in [1.54, 1.807) is 0 Å². The van der Waals surface area contributed by atoms with E-state index in [0.717, 1.165) is 12.8 Å². The van der Waals surface area contributed by atoms with Crippen molar-refractivity contribution in [3.05, 3.63) is 29.3 Å². The lowest BCUT2D eigenvalue weighted by molar-refractivity contribution is -0.143. The highest BCUT2D eigenvalue weighted by molar-refractivity contribution is 7.80. The summed E-state index contributed by atoms with van der Waals surface area (Å²) in [7, 11) is 0. The molecular formula is C13H12F6OS. The van der Waals surface area contributed by atoms with Crippen LogP contribution in [0.15, 0.2) is 18.2 Å². The molecule has 1 aliphatic carbocycles. The molecule has 0 aromatic heterocycles. The van der Waals surface area contributed by atoms with E-state index in [-0.39, 0.29) is 18.1 Å². The van der Waals surface area contributed by atoms with E-state index in [2.05, 4.69) is 12.6 Å². The van der Waals surface area contributed by atoms with Crippen LogP contribution in [0.25, 0.3) is 0 Å². The predicted octanol–water partition coefficient (Wildman–Crippen LogP) is 4.81. The zero-order chi connectivity index (χ0) is 15.9. The van der Waals surface area contributed by atoms with Gasteiger partial charge in [0, 0.05) is 5.41 Å². The molecule has 1 aliphatic rings. The molecule has 1 aromatic carbocycles. The lowest BCUT2D eigenvalue weighted by Gasteiger charge is -2.17. The van der Waals surface area contributed by atoms with Crippen molar-refractivity contribution in [2.75, 3.05) is 12.4 Å². The van der Waals surface area contributed by atoms with Gasteiger partial charge in [-0.1, -0.05) is 0 Å². The summed E-state index contributed by atoms with van der Waals surface area (Å²) in [6.45, 7) is 0.0646. The molecule has 0 N–H and O–H groups in total. The van der Waals surface area contributed by atoms with Crippen molar-refractivity contribution in [3.63, 3.8) is 0 Å². The number of rotatable bonds is 4. The highest BCUT2D eigenvalue weighted by Gasteiger charge is 2.42. The quantitative estimate of drug-likeness (QED) is 0.615. The van der Waals surface area contributed by atoms with Crippen molar-refractivity contribution in [2.24, 2.45) is 5.41 Å². The van der Waals surface area contributed by atoms with Crippen molar-refractivity contribution in [1.82, 2.24) is 0 Å². The van der Waals surface area contributed by atoms with Crippen molar-refractivity contribution < 1.29 is 31.1 Å². The fourth-order valence-electron chi connectivity index (χ4n) is 1.77. The third-order valence-electron chi connectivity index (χ3n) is 3.40. The Morgan fingerprint density at radius 2 is 1.43 bits per heavy atom. The Kier molecular flexibility index (Phi) is 4.12. The van der Waals surface area contributed by atoms with Crippen LogP contribution in [0.3, 0.4) is 0 Å². The minimum atomic E-state index is -4.86. The van der Waals surface area contributed by atoms with Gasteiger partial charge in [0.2, 0.25) is 0 Å². The van der Waals surface area contributed by atoms with Crippen LogP contribution in [0.1, 0.15) is 24.0 Å². The standard InChI is InChI=1S/C13H12F6OS/c14-12(15,16)8-3-9(13(17,18)19)5-10(4-8)20-6-11(7-21)1-2-11/h3-5,21H,1-2,6-7H2. The Hall–Kier alpha value is -1.05. The second kappa shape index (κ2) is 5.30. The van der Waals surface area contributed by atoms with Gasteiger partial charge in [-0.2, -0.15) is 39.0 Å². The first kappa shape index (κ1) is 16.3. The Morgan fingerprint density at radius 3 is 1.76 bits per heavy atom. The molecule has 1 aromatic rings. The van der Waals surface area contributed by atoms with Crippen LogP contribution >= 0.6 is 12.6 Å². The van der Waals surface area contributed by atoms with E-state index in [1.165, 1.54) is 0 Å². The summed E-state index contributed by atoms with van der Waals surface area (Å²) in [4.78, 5) is 0. The zero-order valence-corrected chi connectivity index (χ0v) is 11.6. The molecule has 0 saturated heterocycles. The lowest BCUT2D eigenvalue weighted by Crippen LogP contribution is -2.16. The molecule has 0 atom stereocenters. The first-order valence-corrected chi connectivity index (χ1v) is 6.72. The summed E-state index contributed by atoms with van der Waals surface area (Å²) in [5.74, 6) is 0.0585. The molecule has 8 heteroatoms. The number of alkyl halides is 6. The maximum atomic E-state index is 12.7. The van der Waals surface area contributed by atoms with Crippen LogP contribution in [0.4, 0.5) is 26.3 Å². The predicted molar refractivity (Wildman–Crippen MR) is 67.5 cm³/mol. The van der Waals surface area contributed by atoms with Crippen molar-refractivity contribution >= 4 is 12.6 Å². The van der Waals surface area contributed by atoms with Crippen LogP contribution in [0, 0.1) is 5.41 Å². The minimum absolute atomic E-state index is 0.0646. The van der Waals surface area contributed by atoms with E-state index in [9.17, 15) is 26.3 Å². The van der Waals surface area contributed by atoms with Gasteiger partial charge in [-0.25, -0.2) is 0 Å². The first-order valence-electron chi connectivity index (χ1n) is 6.09. The number of hydrogen-bond donors (Lipinski definition) is 1. The van der Waals surface area contributed by atoms with Crippen LogP contribution in [-0.2, 0) is 12.4 Å². The maximum Gasteiger partial charge on any atom is 0.416 e. The van der Waals surface area contributed by atoms with Gasteiger partial charge in [0.05, 0.1) is 17.7 Å². The van der Waals surface area contributed by atoms with E-state index < -0.39 is 29.2 Å². The van der Waals surface area contributed by atoms with Crippen LogP contribution in [0.2, 0.25) is 0 Å². The van der Waals surface area contributed by atoms with Gasteiger partial charge >= 0.3 is 12.4 Å². The number of thiol groups is 1. The smallest absolute Gasteiger partial charge is 0.416 e. The van der Waals surface area contributed by atoms with Crippen LogP contribution in [-0.4, -0.2) is 12.4 Å². The lowest BCUT2D eigenvalue weighted by atomic mass is 10.1. The monoisotopic (exact) mass is 330 g/mol. The summed E-state index contributed by atoms with van der Waals surface area (Å²) in [5, 5.41) is 0. The average molecular weight is 330 g/mol.